The molecule has 1 unspecified atom stereocenters. The molecule has 0 N–H and O–H groups in total. The number of halogens is 1. The standard InChI is InChI=1S/C16H22FNO2/c1-16(2,3)10-15(19)18-8-9-20-14(11-18)12-4-6-13(17)7-5-12/h4-7,14H,8-11H2,1-3H3. The fourth-order valence-electron chi connectivity index (χ4n) is 2.32. The number of hydrogen-bond donors (Lipinski definition) is 0. The third kappa shape index (κ3) is 4.04. The minimum absolute atomic E-state index is 0.0131. The molecule has 0 aromatic heterocycles. The number of rotatable bonds is 2. The van der Waals surface area contributed by atoms with Crippen LogP contribution in [0.5, 0.6) is 0 Å². The number of carbonyl (C=O) groups is 1. The number of hydrogen-bond acceptors (Lipinski definition) is 2. The molecule has 20 heavy (non-hydrogen) atoms. The predicted molar refractivity (Wildman–Crippen MR) is 75.7 cm³/mol. The van der Waals surface area contributed by atoms with Gasteiger partial charge in [0.05, 0.1) is 13.2 Å². The Kier molecular flexibility index (Phi) is 4.43. The Morgan fingerprint density at radius 2 is 2.00 bits per heavy atom. The molecule has 4 heteroatoms. The molecule has 1 aromatic rings. The van der Waals surface area contributed by atoms with Gasteiger partial charge in [0.1, 0.15) is 11.9 Å². The number of benzene rings is 1. The Balaban J connectivity index is 2.01. The van der Waals surface area contributed by atoms with E-state index in [1.54, 1.807) is 12.1 Å². The molecule has 1 fully saturated rings. The van der Waals surface area contributed by atoms with Crippen molar-refractivity contribution in [3.8, 4) is 0 Å². The number of nitrogens with zero attached hydrogens (tertiary/aromatic N) is 1. The summed E-state index contributed by atoms with van der Waals surface area (Å²) in [5.74, 6) is -0.0989. The average molecular weight is 279 g/mol. The van der Waals surface area contributed by atoms with Crippen LogP contribution < -0.4 is 0 Å². The van der Waals surface area contributed by atoms with Crippen LogP contribution in [0.15, 0.2) is 24.3 Å². The van der Waals surface area contributed by atoms with Crippen LogP contribution in [0, 0.1) is 11.2 Å². The Labute approximate surface area is 119 Å². The van der Waals surface area contributed by atoms with E-state index in [0.29, 0.717) is 26.1 Å². The lowest BCUT2D eigenvalue weighted by Gasteiger charge is -2.34. The van der Waals surface area contributed by atoms with Crippen LogP contribution in [0.2, 0.25) is 0 Å². The Morgan fingerprint density at radius 3 is 2.60 bits per heavy atom. The van der Waals surface area contributed by atoms with Gasteiger partial charge in [-0.25, -0.2) is 4.39 Å². The largest absolute Gasteiger partial charge is 0.370 e. The van der Waals surface area contributed by atoms with Crippen molar-refractivity contribution in [2.75, 3.05) is 19.7 Å². The summed E-state index contributed by atoms with van der Waals surface area (Å²) in [6.07, 6.45) is 0.372. The van der Waals surface area contributed by atoms with Gasteiger partial charge in [-0.05, 0) is 23.1 Å². The van der Waals surface area contributed by atoms with E-state index in [2.05, 4.69) is 20.8 Å². The van der Waals surface area contributed by atoms with Gasteiger partial charge in [0, 0.05) is 13.0 Å². The maximum Gasteiger partial charge on any atom is 0.223 e. The van der Waals surface area contributed by atoms with Crippen molar-refractivity contribution < 1.29 is 13.9 Å². The third-order valence-electron chi connectivity index (χ3n) is 3.34. The number of carbonyl (C=O) groups excluding carboxylic acids is 1. The van der Waals surface area contributed by atoms with Crippen molar-refractivity contribution >= 4 is 5.91 Å². The molecule has 0 saturated carbocycles. The fraction of sp³-hybridized carbons (Fsp3) is 0.562. The van der Waals surface area contributed by atoms with Crippen molar-refractivity contribution in [2.24, 2.45) is 5.41 Å². The van der Waals surface area contributed by atoms with Crippen LogP contribution >= 0.6 is 0 Å². The van der Waals surface area contributed by atoms with E-state index in [0.717, 1.165) is 5.56 Å². The summed E-state index contributed by atoms with van der Waals surface area (Å²) >= 11 is 0. The number of morpholine rings is 1. The second-order valence-electron chi connectivity index (χ2n) is 6.49. The van der Waals surface area contributed by atoms with E-state index in [4.69, 9.17) is 4.74 Å². The first-order valence-electron chi connectivity index (χ1n) is 7.00. The lowest BCUT2D eigenvalue weighted by atomic mass is 9.91. The van der Waals surface area contributed by atoms with Gasteiger partial charge in [0.2, 0.25) is 5.91 Å². The summed E-state index contributed by atoms with van der Waals surface area (Å²) in [4.78, 5) is 14.1. The minimum atomic E-state index is -0.259. The maximum atomic E-state index is 12.9. The molecule has 1 atom stereocenters. The minimum Gasteiger partial charge on any atom is -0.370 e. The summed E-state index contributed by atoms with van der Waals surface area (Å²) in [7, 11) is 0. The molecule has 0 spiro atoms. The van der Waals surface area contributed by atoms with Crippen LogP contribution in [-0.4, -0.2) is 30.5 Å². The van der Waals surface area contributed by atoms with Crippen LogP contribution in [0.25, 0.3) is 0 Å². The summed E-state index contributed by atoms with van der Waals surface area (Å²) in [6.45, 7) is 7.87. The highest BCUT2D eigenvalue weighted by Crippen LogP contribution is 2.25. The third-order valence-corrected chi connectivity index (χ3v) is 3.34. The molecule has 1 aliphatic heterocycles. The quantitative estimate of drug-likeness (QED) is 0.832. The van der Waals surface area contributed by atoms with Gasteiger partial charge in [-0.3, -0.25) is 4.79 Å². The molecule has 1 amide bonds. The fourth-order valence-corrected chi connectivity index (χ4v) is 2.32. The Morgan fingerprint density at radius 1 is 1.35 bits per heavy atom. The van der Waals surface area contributed by atoms with E-state index in [1.807, 2.05) is 4.90 Å². The zero-order valence-corrected chi connectivity index (χ0v) is 12.4. The lowest BCUT2D eigenvalue weighted by molar-refractivity contribution is -0.140. The molecule has 1 heterocycles. The van der Waals surface area contributed by atoms with Crippen molar-refractivity contribution in [3.05, 3.63) is 35.6 Å². The van der Waals surface area contributed by atoms with E-state index < -0.39 is 0 Å². The Hall–Kier alpha value is -1.42. The summed E-state index contributed by atoms with van der Waals surface area (Å²) in [6, 6.07) is 6.29. The highest BCUT2D eigenvalue weighted by atomic mass is 19.1. The highest BCUT2D eigenvalue weighted by molar-refractivity contribution is 5.77. The van der Waals surface area contributed by atoms with Crippen LogP contribution in [0.4, 0.5) is 4.39 Å². The second kappa shape index (κ2) is 5.92. The van der Waals surface area contributed by atoms with Crippen LogP contribution in [0.3, 0.4) is 0 Å². The SMILES string of the molecule is CC(C)(C)CC(=O)N1CCOC(c2ccc(F)cc2)C1. The van der Waals surface area contributed by atoms with Gasteiger partial charge < -0.3 is 9.64 Å². The molecule has 3 nitrogen and oxygen atoms in total. The van der Waals surface area contributed by atoms with Crippen molar-refractivity contribution in [2.45, 2.75) is 33.3 Å². The average Bonchev–Trinajstić information content (AvgIpc) is 2.38. The van der Waals surface area contributed by atoms with Crippen molar-refractivity contribution in [1.82, 2.24) is 4.90 Å². The molecule has 1 aliphatic rings. The highest BCUT2D eigenvalue weighted by Gasteiger charge is 2.27. The smallest absolute Gasteiger partial charge is 0.223 e. The van der Waals surface area contributed by atoms with E-state index >= 15 is 0 Å². The molecule has 110 valence electrons. The molecule has 0 radical (unpaired) electrons. The molecule has 1 saturated heterocycles. The topological polar surface area (TPSA) is 29.5 Å². The van der Waals surface area contributed by atoms with Gasteiger partial charge in [-0.15, -0.1) is 0 Å². The first kappa shape index (κ1) is 15.0. The van der Waals surface area contributed by atoms with Crippen LogP contribution in [-0.2, 0) is 9.53 Å². The summed E-state index contributed by atoms with van der Waals surface area (Å²) < 4.78 is 18.6. The van der Waals surface area contributed by atoms with E-state index in [-0.39, 0.29) is 23.2 Å². The van der Waals surface area contributed by atoms with Gasteiger partial charge in [-0.1, -0.05) is 32.9 Å². The lowest BCUT2D eigenvalue weighted by Crippen LogP contribution is -2.43. The van der Waals surface area contributed by atoms with Crippen LogP contribution in [0.1, 0.15) is 38.9 Å². The first-order chi connectivity index (χ1) is 9.35. The van der Waals surface area contributed by atoms with E-state index in [9.17, 15) is 9.18 Å². The zero-order chi connectivity index (χ0) is 14.8. The zero-order valence-electron chi connectivity index (χ0n) is 12.4. The molecule has 0 bridgehead atoms. The summed E-state index contributed by atoms with van der Waals surface area (Å²) in [5, 5.41) is 0. The normalized spacial score (nSPS) is 20.0. The van der Waals surface area contributed by atoms with Gasteiger partial charge >= 0.3 is 0 Å². The monoisotopic (exact) mass is 279 g/mol. The van der Waals surface area contributed by atoms with Gasteiger partial charge in [-0.2, -0.15) is 0 Å². The number of amides is 1. The predicted octanol–water partition coefficient (Wildman–Crippen LogP) is 3.16. The molecular weight excluding hydrogens is 257 g/mol. The number of ether oxygens (including phenoxy) is 1. The molecule has 1 aromatic carbocycles. The maximum absolute atomic E-state index is 12.9. The molecule has 0 aliphatic carbocycles. The second-order valence-corrected chi connectivity index (χ2v) is 6.49. The van der Waals surface area contributed by atoms with Gasteiger partial charge in [0.25, 0.3) is 0 Å². The summed E-state index contributed by atoms with van der Waals surface area (Å²) in [5.41, 5.74) is 0.903. The van der Waals surface area contributed by atoms with Crippen molar-refractivity contribution in [3.63, 3.8) is 0 Å². The van der Waals surface area contributed by atoms with Gasteiger partial charge in [0.15, 0.2) is 0 Å². The van der Waals surface area contributed by atoms with E-state index in [1.165, 1.54) is 12.1 Å². The molecule has 2 rings (SSSR count). The van der Waals surface area contributed by atoms with Crippen molar-refractivity contribution in [1.29, 1.82) is 0 Å². The first-order valence-corrected chi connectivity index (χ1v) is 7.00. The molecular formula is C16H22FNO2. The Bertz CT molecular complexity index is 464.